The van der Waals surface area contributed by atoms with Crippen LogP contribution >= 0.6 is 23.2 Å². The molecule has 2 aliphatic rings. The maximum Gasteiger partial charge on any atom is 0.223 e. The summed E-state index contributed by atoms with van der Waals surface area (Å²) >= 11 is 12.1. The topological polar surface area (TPSA) is 51.7 Å². The number of hydrogen-bond donors (Lipinski definition) is 1. The molecule has 3 heterocycles. The normalized spacial score (nSPS) is 19.6. The molecule has 8 heteroatoms. The Labute approximate surface area is 152 Å². The van der Waals surface area contributed by atoms with Gasteiger partial charge >= 0.3 is 0 Å². The number of aromatic nitrogens is 1. The van der Waals surface area contributed by atoms with Gasteiger partial charge in [0.15, 0.2) is 0 Å². The monoisotopic (exact) mass is 371 g/mol. The van der Waals surface area contributed by atoms with Crippen LogP contribution in [0.25, 0.3) is 0 Å². The summed E-state index contributed by atoms with van der Waals surface area (Å²) in [6.45, 7) is 7.81. The fourth-order valence-corrected chi connectivity index (χ4v) is 3.65. The first-order valence-corrected chi connectivity index (χ1v) is 9.16. The molecule has 1 N–H and O–H groups in total. The molecule has 0 bridgehead atoms. The minimum absolute atomic E-state index is 0.265. The third-order valence-electron chi connectivity index (χ3n) is 4.57. The van der Waals surface area contributed by atoms with Gasteiger partial charge in [0.2, 0.25) is 5.91 Å². The summed E-state index contributed by atoms with van der Waals surface area (Å²) in [7, 11) is 0. The summed E-state index contributed by atoms with van der Waals surface area (Å²) in [5.74, 6) is 1.05. The number of carbonyl (C=O) groups is 1. The molecule has 0 radical (unpaired) electrons. The zero-order valence-electron chi connectivity index (χ0n) is 13.7. The van der Waals surface area contributed by atoms with Crippen LogP contribution in [0.5, 0.6) is 0 Å². The maximum absolute atomic E-state index is 12.2. The number of halogens is 2. The highest BCUT2D eigenvalue weighted by Crippen LogP contribution is 2.26. The highest BCUT2D eigenvalue weighted by molar-refractivity contribution is 6.36. The second-order valence-electron chi connectivity index (χ2n) is 6.17. The van der Waals surface area contributed by atoms with Gasteiger partial charge in [0, 0.05) is 71.5 Å². The van der Waals surface area contributed by atoms with Crippen molar-refractivity contribution in [2.24, 2.45) is 0 Å². The number of nitrogens with one attached hydrogen (secondary N) is 1. The molecule has 1 aromatic heterocycles. The highest BCUT2D eigenvalue weighted by atomic mass is 35.5. The number of carbonyl (C=O) groups excluding carboxylic acids is 1. The third kappa shape index (κ3) is 4.51. The fraction of sp³-hybridized carbons (Fsp3) is 0.625. The molecule has 132 valence electrons. The van der Waals surface area contributed by atoms with Gasteiger partial charge in [0.1, 0.15) is 5.82 Å². The number of amides is 1. The molecule has 0 aliphatic carbocycles. The second kappa shape index (κ2) is 8.34. The fourth-order valence-electron chi connectivity index (χ4n) is 3.15. The van der Waals surface area contributed by atoms with Gasteiger partial charge in [-0.25, -0.2) is 4.98 Å². The van der Waals surface area contributed by atoms with Crippen molar-refractivity contribution >= 4 is 34.9 Å². The Morgan fingerprint density at radius 2 is 1.83 bits per heavy atom. The van der Waals surface area contributed by atoms with Crippen molar-refractivity contribution in [3.8, 4) is 0 Å². The highest BCUT2D eigenvalue weighted by Gasteiger charge is 2.22. The van der Waals surface area contributed by atoms with Gasteiger partial charge in [0.05, 0.1) is 10.0 Å². The van der Waals surface area contributed by atoms with Gasteiger partial charge in [-0.3, -0.25) is 9.69 Å². The van der Waals surface area contributed by atoms with Crippen molar-refractivity contribution < 1.29 is 4.79 Å². The van der Waals surface area contributed by atoms with E-state index in [9.17, 15) is 4.79 Å². The number of piperazine rings is 2. The summed E-state index contributed by atoms with van der Waals surface area (Å²) in [5, 5.41) is 4.41. The molecule has 0 saturated carbocycles. The van der Waals surface area contributed by atoms with Crippen LogP contribution in [0.4, 0.5) is 5.82 Å². The Morgan fingerprint density at radius 1 is 1.12 bits per heavy atom. The first-order valence-electron chi connectivity index (χ1n) is 8.40. The molecule has 2 fully saturated rings. The first kappa shape index (κ1) is 17.7. The van der Waals surface area contributed by atoms with E-state index in [0.29, 0.717) is 16.5 Å². The molecule has 1 aromatic rings. The quantitative estimate of drug-likeness (QED) is 0.865. The zero-order chi connectivity index (χ0) is 16.9. The third-order valence-corrected chi connectivity index (χ3v) is 5.06. The molecule has 0 atom stereocenters. The van der Waals surface area contributed by atoms with E-state index < -0.39 is 0 Å². The predicted octanol–water partition coefficient (Wildman–Crippen LogP) is 1.33. The Hall–Kier alpha value is -1.08. The van der Waals surface area contributed by atoms with E-state index in [2.05, 4.69) is 20.1 Å². The van der Waals surface area contributed by atoms with Crippen molar-refractivity contribution in [3.63, 3.8) is 0 Å². The van der Waals surface area contributed by atoms with Crippen LogP contribution in [-0.4, -0.2) is 79.6 Å². The summed E-state index contributed by atoms with van der Waals surface area (Å²) in [5.41, 5.74) is 0. The molecule has 0 spiro atoms. The van der Waals surface area contributed by atoms with Gasteiger partial charge in [0.25, 0.3) is 0 Å². The zero-order valence-corrected chi connectivity index (χ0v) is 15.2. The van der Waals surface area contributed by atoms with Gasteiger partial charge in [-0.2, -0.15) is 0 Å². The van der Waals surface area contributed by atoms with Crippen LogP contribution in [-0.2, 0) is 4.79 Å². The van der Waals surface area contributed by atoms with E-state index in [1.54, 1.807) is 12.3 Å². The largest absolute Gasteiger partial charge is 0.353 e. The van der Waals surface area contributed by atoms with Crippen LogP contribution in [0.15, 0.2) is 12.3 Å². The van der Waals surface area contributed by atoms with Crippen molar-refractivity contribution in [1.82, 2.24) is 20.1 Å². The van der Waals surface area contributed by atoms with E-state index >= 15 is 0 Å². The average Bonchev–Trinajstić information content (AvgIpc) is 2.61. The van der Waals surface area contributed by atoms with Gasteiger partial charge in [-0.1, -0.05) is 23.2 Å². The molecule has 0 unspecified atom stereocenters. The first-order chi connectivity index (χ1) is 11.6. The number of hydrogen-bond acceptors (Lipinski definition) is 5. The second-order valence-corrected chi connectivity index (χ2v) is 7.01. The predicted molar refractivity (Wildman–Crippen MR) is 97.0 cm³/mol. The standard InChI is InChI=1S/C16H23Cl2N5O/c17-13-11-14(18)16(20-12-13)23-9-7-21(8-10-23)4-1-15(24)22-5-2-19-3-6-22/h11-12,19H,1-10H2. The lowest BCUT2D eigenvalue weighted by Crippen LogP contribution is -2.49. The van der Waals surface area contributed by atoms with Crippen molar-refractivity contribution in [2.75, 3.05) is 63.8 Å². The minimum atomic E-state index is 0.265. The molecular weight excluding hydrogens is 349 g/mol. The molecule has 2 aliphatic heterocycles. The van der Waals surface area contributed by atoms with Crippen LogP contribution < -0.4 is 10.2 Å². The van der Waals surface area contributed by atoms with E-state index in [4.69, 9.17) is 23.2 Å². The van der Waals surface area contributed by atoms with Crippen LogP contribution in [0, 0.1) is 0 Å². The van der Waals surface area contributed by atoms with E-state index in [0.717, 1.165) is 64.7 Å². The smallest absolute Gasteiger partial charge is 0.223 e. The van der Waals surface area contributed by atoms with Crippen molar-refractivity contribution in [2.45, 2.75) is 6.42 Å². The Bertz CT molecular complexity index is 572. The lowest BCUT2D eigenvalue weighted by molar-refractivity contribution is -0.132. The summed E-state index contributed by atoms with van der Waals surface area (Å²) in [6.07, 6.45) is 2.22. The van der Waals surface area contributed by atoms with Crippen LogP contribution in [0.3, 0.4) is 0 Å². The van der Waals surface area contributed by atoms with E-state index in [-0.39, 0.29) is 5.91 Å². The van der Waals surface area contributed by atoms with Crippen molar-refractivity contribution in [1.29, 1.82) is 0 Å². The Balaban J connectivity index is 1.44. The lowest BCUT2D eigenvalue weighted by Gasteiger charge is -2.36. The number of rotatable bonds is 4. The van der Waals surface area contributed by atoms with Gasteiger partial charge < -0.3 is 15.1 Å². The number of nitrogens with zero attached hydrogens (tertiary/aromatic N) is 4. The molecule has 3 rings (SSSR count). The van der Waals surface area contributed by atoms with E-state index in [1.165, 1.54) is 0 Å². The molecule has 0 aromatic carbocycles. The molecule has 24 heavy (non-hydrogen) atoms. The molecule has 6 nitrogen and oxygen atoms in total. The molecule has 2 saturated heterocycles. The average molecular weight is 372 g/mol. The summed E-state index contributed by atoms with van der Waals surface area (Å²) in [6, 6.07) is 1.73. The summed E-state index contributed by atoms with van der Waals surface area (Å²) in [4.78, 5) is 23.0. The van der Waals surface area contributed by atoms with Crippen LogP contribution in [0.1, 0.15) is 6.42 Å². The molecular formula is C16H23Cl2N5O. The van der Waals surface area contributed by atoms with Crippen LogP contribution in [0.2, 0.25) is 10.0 Å². The van der Waals surface area contributed by atoms with Gasteiger partial charge in [-0.05, 0) is 6.07 Å². The Morgan fingerprint density at radius 3 is 2.50 bits per heavy atom. The number of pyridine rings is 1. The number of anilines is 1. The SMILES string of the molecule is O=C(CCN1CCN(c2ncc(Cl)cc2Cl)CC1)N1CCNCC1. The van der Waals surface area contributed by atoms with Crippen molar-refractivity contribution in [3.05, 3.63) is 22.3 Å². The van der Waals surface area contributed by atoms with E-state index in [1.807, 2.05) is 4.90 Å². The maximum atomic E-state index is 12.2. The Kier molecular flexibility index (Phi) is 6.16. The summed E-state index contributed by atoms with van der Waals surface area (Å²) < 4.78 is 0. The molecule has 1 amide bonds. The van der Waals surface area contributed by atoms with Gasteiger partial charge in [-0.15, -0.1) is 0 Å². The lowest BCUT2D eigenvalue weighted by atomic mass is 10.2. The minimum Gasteiger partial charge on any atom is -0.353 e.